The molecule has 0 radical (unpaired) electrons. The second-order valence-electron chi connectivity index (χ2n) is 6.79. The predicted octanol–water partition coefficient (Wildman–Crippen LogP) is 1.84. The minimum atomic E-state index is -0.808. The molecule has 2 atom stereocenters. The van der Waals surface area contributed by atoms with Crippen molar-refractivity contribution >= 4 is 23.6 Å². The zero-order chi connectivity index (χ0) is 20.0. The van der Waals surface area contributed by atoms with E-state index in [4.69, 9.17) is 9.47 Å². The maximum atomic E-state index is 12.3. The molecule has 1 fully saturated rings. The molecule has 1 aromatic carbocycles. The Bertz CT molecular complexity index is 739. The standard InChI is InChI=1S/C20H25N3O4/c1-14-11-23(12-15(2)27-14)19(24)13-26-20(25)17(10-21)9-16-5-7-18(8-6-16)22(3)4/h5-9,14-15H,11-13H2,1-4H3/b17-9-. The van der Waals surface area contributed by atoms with Gasteiger partial charge < -0.3 is 19.3 Å². The lowest BCUT2D eigenvalue weighted by Gasteiger charge is -2.35. The van der Waals surface area contributed by atoms with Gasteiger partial charge in [0.05, 0.1) is 12.2 Å². The number of nitrogens with zero attached hydrogens (tertiary/aromatic N) is 3. The molecule has 0 spiro atoms. The van der Waals surface area contributed by atoms with E-state index in [-0.39, 0.29) is 23.7 Å². The van der Waals surface area contributed by atoms with E-state index in [2.05, 4.69) is 0 Å². The normalized spacial score (nSPS) is 20.0. The maximum Gasteiger partial charge on any atom is 0.349 e. The molecule has 0 saturated carbocycles. The number of hydrogen-bond acceptors (Lipinski definition) is 6. The highest BCUT2D eigenvalue weighted by Gasteiger charge is 2.26. The summed E-state index contributed by atoms with van der Waals surface area (Å²) in [7, 11) is 3.85. The van der Waals surface area contributed by atoms with Crippen LogP contribution in [0.2, 0.25) is 0 Å². The molecule has 1 amide bonds. The SMILES string of the molecule is CC1CN(C(=O)COC(=O)/C(C#N)=C\c2ccc(N(C)C)cc2)CC(C)O1. The summed E-state index contributed by atoms with van der Waals surface area (Å²) in [5, 5.41) is 9.24. The number of esters is 1. The summed E-state index contributed by atoms with van der Waals surface area (Å²) in [6.45, 7) is 4.30. The van der Waals surface area contributed by atoms with Crippen molar-refractivity contribution in [2.45, 2.75) is 26.1 Å². The van der Waals surface area contributed by atoms with Crippen LogP contribution in [0, 0.1) is 11.3 Å². The molecule has 0 aliphatic carbocycles. The monoisotopic (exact) mass is 371 g/mol. The van der Waals surface area contributed by atoms with Crippen LogP contribution in [-0.2, 0) is 19.1 Å². The van der Waals surface area contributed by atoms with E-state index in [0.717, 1.165) is 5.69 Å². The molecule has 1 saturated heterocycles. The van der Waals surface area contributed by atoms with Gasteiger partial charge in [-0.1, -0.05) is 12.1 Å². The number of benzene rings is 1. The Kier molecular flexibility index (Phi) is 6.97. The van der Waals surface area contributed by atoms with Crippen molar-refractivity contribution in [2.24, 2.45) is 0 Å². The van der Waals surface area contributed by atoms with Gasteiger partial charge in [-0.25, -0.2) is 4.79 Å². The van der Waals surface area contributed by atoms with Crippen LogP contribution < -0.4 is 4.90 Å². The van der Waals surface area contributed by atoms with Gasteiger partial charge in [0.15, 0.2) is 6.61 Å². The van der Waals surface area contributed by atoms with Gasteiger partial charge in [-0.2, -0.15) is 5.26 Å². The van der Waals surface area contributed by atoms with Crippen LogP contribution in [0.1, 0.15) is 19.4 Å². The third-order valence-electron chi connectivity index (χ3n) is 4.16. The molecule has 2 unspecified atom stereocenters. The van der Waals surface area contributed by atoms with Gasteiger partial charge in [0.2, 0.25) is 0 Å². The molecule has 7 heteroatoms. The summed E-state index contributed by atoms with van der Waals surface area (Å²) in [6, 6.07) is 9.22. The summed E-state index contributed by atoms with van der Waals surface area (Å²) in [4.78, 5) is 28.0. The third-order valence-corrected chi connectivity index (χ3v) is 4.16. The Morgan fingerprint density at radius 3 is 2.37 bits per heavy atom. The zero-order valence-corrected chi connectivity index (χ0v) is 16.1. The number of amides is 1. The molecule has 1 aliphatic rings. The van der Waals surface area contributed by atoms with Gasteiger partial charge in [-0.3, -0.25) is 4.79 Å². The van der Waals surface area contributed by atoms with Crippen LogP contribution in [0.3, 0.4) is 0 Å². The molecule has 7 nitrogen and oxygen atoms in total. The average molecular weight is 371 g/mol. The van der Waals surface area contributed by atoms with Gasteiger partial charge in [0.1, 0.15) is 11.6 Å². The fourth-order valence-electron chi connectivity index (χ4n) is 2.85. The van der Waals surface area contributed by atoms with Crippen molar-refractivity contribution in [3.8, 4) is 6.07 Å². The minimum absolute atomic E-state index is 0.0619. The van der Waals surface area contributed by atoms with E-state index in [9.17, 15) is 14.9 Å². The molecule has 1 heterocycles. The van der Waals surface area contributed by atoms with E-state index >= 15 is 0 Å². The summed E-state index contributed by atoms with van der Waals surface area (Å²) < 4.78 is 10.6. The summed E-state index contributed by atoms with van der Waals surface area (Å²) in [5.41, 5.74) is 1.56. The van der Waals surface area contributed by atoms with Crippen LogP contribution in [0.25, 0.3) is 6.08 Å². The largest absolute Gasteiger partial charge is 0.451 e. The fraction of sp³-hybridized carbons (Fsp3) is 0.450. The minimum Gasteiger partial charge on any atom is -0.451 e. The highest BCUT2D eigenvalue weighted by atomic mass is 16.5. The quantitative estimate of drug-likeness (QED) is 0.446. The Balaban J connectivity index is 1.96. The molecule has 0 bridgehead atoms. The third kappa shape index (κ3) is 5.83. The molecular weight excluding hydrogens is 346 g/mol. The first-order valence-corrected chi connectivity index (χ1v) is 8.79. The number of nitriles is 1. The summed E-state index contributed by atoms with van der Waals surface area (Å²) in [6.07, 6.45) is 1.33. The molecule has 144 valence electrons. The predicted molar refractivity (Wildman–Crippen MR) is 102 cm³/mol. The molecule has 2 rings (SSSR count). The Labute approximate surface area is 159 Å². The lowest BCUT2D eigenvalue weighted by atomic mass is 10.1. The van der Waals surface area contributed by atoms with Gasteiger partial charge >= 0.3 is 5.97 Å². The molecular formula is C20H25N3O4. The van der Waals surface area contributed by atoms with Gasteiger partial charge in [0.25, 0.3) is 5.91 Å². The number of hydrogen-bond donors (Lipinski definition) is 0. The van der Waals surface area contributed by atoms with E-state index < -0.39 is 12.6 Å². The highest BCUT2D eigenvalue weighted by molar-refractivity contribution is 5.98. The van der Waals surface area contributed by atoms with E-state index in [1.165, 1.54) is 6.08 Å². The van der Waals surface area contributed by atoms with Gasteiger partial charge in [-0.05, 0) is 37.6 Å². The average Bonchev–Trinajstić information content (AvgIpc) is 2.63. The second kappa shape index (κ2) is 9.19. The molecule has 1 aliphatic heterocycles. The maximum absolute atomic E-state index is 12.3. The summed E-state index contributed by atoms with van der Waals surface area (Å²) >= 11 is 0. The van der Waals surface area contributed by atoms with Crippen LogP contribution in [0.15, 0.2) is 29.8 Å². The van der Waals surface area contributed by atoms with E-state index in [1.807, 2.05) is 63.2 Å². The van der Waals surface area contributed by atoms with Crippen molar-refractivity contribution in [2.75, 3.05) is 38.7 Å². The van der Waals surface area contributed by atoms with Crippen LogP contribution >= 0.6 is 0 Å². The van der Waals surface area contributed by atoms with Crippen LogP contribution in [0.5, 0.6) is 0 Å². The Morgan fingerprint density at radius 2 is 1.85 bits per heavy atom. The smallest absolute Gasteiger partial charge is 0.349 e. The van der Waals surface area contributed by atoms with E-state index in [0.29, 0.717) is 18.7 Å². The molecule has 1 aromatic rings. The topological polar surface area (TPSA) is 82.9 Å². The van der Waals surface area contributed by atoms with Crippen molar-refractivity contribution in [3.63, 3.8) is 0 Å². The lowest BCUT2D eigenvalue weighted by molar-refractivity contribution is -0.154. The van der Waals surface area contributed by atoms with Gasteiger partial charge in [0, 0.05) is 32.9 Å². The molecule has 27 heavy (non-hydrogen) atoms. The van der Waals surface area contributed by atoms with E-state index in [1.54, 1.807) is 4.90 Å². The molecule has 0 N–H and O–H groups in total. The first-order valence-electron chi connectivity index (χ1n) is 8.79. The van der Waals surface area contributed by atoms with Crippen molar-refractivity contribution in [3.05, 3.63) is 35.4 Å². The zero-order valence-electron chi connectivity index (χ0n) is 16.1. The molecule has 0 aromatic heterocycles. The number of carbonyl (C=O) groups is 2. The number of morpholine rings is 1. The number of anilines is 1. The van der Waals surface area contributed by atoms with Crippen LogP contribution in [-0.4, -0.2) is 62.8 Å². The highest BCUT2D eigenvalue weighted by Crippen LogP contribution is 2.15. The second-order valence-corrected chi connectivity index (χ2v) is 6.79. The lowest BCUT2D eigenvalue weighted by Crippen LogP contribution is -2.49. The number of ether oxygens (including phenoxy) is 2. The van der Waals surface area contributed by atoms with Crippen LogP contribution in [0.4, 0.5) is 5.69 Å². The first-order chi connectivity index (χ1) is 12.8. The Morgan fingerprint density at radius 1 is 1.26 bits per heavy atom. The first kappa shape index (κ1) is 20.5. The number of carbonyl (C=O) groups excluding carboxylic acids is 2. The van der Waals surface area contributed by atoms with Crippen molar-refractivity contribution in [1.29, 1.82) is 5.26 Å². The van der Waals surface area contributed by atoms with Crippen molar-refractivity contribution < 1.29 is 19.1 Å². The van der Waals surface area contributed by atoms with Gasteiger partial charge in [-0.15, -0.1) is 0 Å². The Hall–Kier alpha value is -2.85. The number of rotatable bonds is 5. The fourth-order valence-corrected chi connectivity index (χ4v) is 2.85. The van der Waals surface area contributed by atoms with Crippen molar-refractivity contribution in [1.82, 2.24) is 4.90 Å². The summed E-state index contributed by atoms with van der Waals surface area (Å²) in [5.74, 6) is -1.10.